The van der Waals surface area contributed by atoms with Crippen molar-refractivity contribution in [3.05, 3.63) is 0 Å². The lowest BCUT2D eigenvalue weighted by Gasteiger charge is -2.27. The van der Waals surface area contributed by atoms with Crippen LogP contribution in [0.2, 0.25) is 0 Å². The van der Waals surface area contributed by atoms with Gasteiger partial charge in [-0.2, -0.15) is 5.26 Å². The second kappa shape index (κ2) is 7.00. The molecule has 0 heterocycles. The van der Waals surface area contributed by atoms with Gasteiger partial charge in [-0.3, -0.25) is 9.59 Å². The largest absolute Gasteiger partial charge is 0.481 e. The van der Waals surface area contributed by atoms with Gasteiger partial charge in [0.2, 0.25) is 5.91 Å². The molecule has 0 aliphatic carbocycles. The van der Waals surface area contributed by atoms with Gasteiger partial charge in [0, 0.05) is 19.5 Å². The Morgan fingerprint density at radius 3 is 2.33 bits per heavy atom. The maximum Gasteiger partial charge on any atom is 0.309 e. The van der Waals surface area contributed by atoms with Crippen LogP contribution >= 0.6 is 0 Å². The minimum absolute atomic E-state index is 0.0412. The number of carboxylic acids is 1. The fraction of sp³-hybridized carbons (Fsp3) is 0.769. The summed E-state index contributed by atoms with van der Waals surface area (Å²) in [5.74, 6) is -0.896. The van der Waals surface area contributed by atoms with Gasteiger partial charge < -0.3 is 10.0 Å². The third-order valence-electron chi connectivity index (χ3n) is 2.60. The number of carboxylic acid groups (broad SMARTS) is 1. The van der Waals surface area contributed by atoms with Crippen molar-refractivity contribution in [3.63, 3.8) is 0 Å². The van der Waals surface area contributed by atoms with Crippen LogP contribution in [0.25, 0.3) is 0 Å². The Bertz CT molecular complexity index is 343. The van der Waals surface area contributed by atoms with Crippen molar-refractivity contribution in [3.8, 4) is 6.07 Å². The minimum atomic E-state index is -1.07. The average molecular weight is 254 g/mol. The Hall–Kier alpha value is -1.57. The standard InChI is InChI=1S/C13H22N2O3/c1-10(2)9-15(7-5-6-14)11(16)8-13(3,4)12(17)18/h10H,5,7-9H2,1-4H3,(H,17,18). The quantitative estimate of drug-likeness (QED) is 0.752. The number of hydrogen-bond acceptors (Lipinski definition) is 3. The van der Waals surface area contributed by atoms with Gasteiger partial charge in [-0.25, -0.2) is 0 Å². The maximum absolute atomic E-state index is 12.1. The number of aliphatic carboxylic acids is 1. The van der Waals surface area contributed by atoms with E-state index in [2.05, 4.69) is 0 Å². The first kappa shape index (κ1) is 16.4. The second-order valence-electron chi connectivity index (χ2n) is 5.51. The predicted octanol–water partition coefficient (Wildman–Crippen LogP) is 1.89. The van der Waals surface area contributed by atoms with E-state index < -0.39 is 11.4 Å². The van der Waals surface area contributed by atoms with Crippen LogP contribution < -0.4 is 0 Å². The monoisotopic (exact) mass is 254 g/mol. The summed E-state index contributed by atoms with van der Waals surface area (Å²) in [7, 11) is 0. The minimum Gasteiger partial charge on any atom is -0.481 e. The van der Waals surface area contributed by atoms with Crippen LogP contribution in [0.3, 0.4) is 0 Å². The molecule has 18 heavy (non-hydrogen) atoms. The van der Waals surface area contributed by atoms with Gasteiger partial charge in [0.25, 0.3) is 0 Å². The average Bonchev–Trinajstić information content (AvgIpc) is 2.22. The Balaban J connectivity index is 4.65. The molecule has 5 nitrogen and oxygen atoms in total. The molecule has 0 spiro atoms. The van der Waals surface area contributed by atoms with Crippen LogP contribution in [-0.4, -0.2) is 35.0 Å². The summed E-state index contributed by atoms with van der Waals surface area (Å²) >= 11 is 0. The molecule has 0 unspecified atom stereocenters. The van der Waals surface area contributed by atoms with Gasteiger partial charge in [0.15, 0.2) is 0 Å². The number of carbonyl (C=O) groups excluding carboxylic acids is 1. The van der Waals surface area contributed by atoms with E-state index in [9.17, 15) is 9.59 Å². The molecule has 1 N–H and O–H groups in total. The lowest BCUT2D eigenvalue weighted by Crippen LogP contribution is -2.39. The van der Waals surface area contributed by atoms with Gasteiger partial charge in [-0.15, -0.1) is 0 Å². The van der Waals surface area contributed by atoms with Crippen LogP contribution in [0.4, 0.5) is 0 Å². The summed E-state index contributed by atoms with van der Waals surface area (Å²) in [6.07, 6.45) is 0.229. The van der Waals surface area contributed by atoms with Gasteiger partial charge in [-0.1, -0.05) is 13.8 Å². The summed E-state index contributed by atoms with van der Waals surface area (Å²) in [4.78, 5) is 24.6. The topological polar surface area (TPSA) is 81.4 Å². The number of amides is 1. The van der Waals surface area contributed by atoms with Crippen molar-refractivity contribution in [1.29, 1.82) is 5.26 Å². The highest BCUT2D eigenvalue weighted by molar-refractivity contribution is 5.84. The first-order valence-electron chi connectivity index (χ1n) is 6.09. The number of carbonyl (C=O) groups is 2. The molecule has 0 bridgehead atoms. The Morgan fingerprint density at radius 2 is 1.94 bits per heavy atom. The van der Waals surface area contributed by atoms with Crippen molar-refractivity contribution >= 4 is 11.9 Å². The van der Waals surface area contributed by atoms with Gasteiger partial charge in [0.05, 0.1) is 17.9 Å². The third-order valence-corrected chi connectivity index (χ3v) is 2.60. The number of nitriles is 1. The molecule has 5 heteroatoms. The molecule has 0 aromatic heterocycles. The zero-order valence-electron chi connectivity index (χ0n) is 11.6. The zero-order valence-corrected chi connectivity index (χ0v) is 11.6. The van der Waals surface area contributed by atoms with Gasteiger partial charge in [0.1, 0.15) is 0 Å². The van der Waals surface area contributed by atoms with Gasteiger partial charge in [-0.05, 0) is 19.8 Å². The van der Waals surface area contributed by atoms with Crippen LogP contribution in [-0.2, 0) is 9.59 Å². The summed E-state index contributed by atoms with van der Waals surface area (Å²) < 4.78 is 0. The molecule has 0 saturated heterocycles. The fourth-order valence-corrected chi connectivity index (χ4v) is 1.51. The van der Waals surface area contributed by atoms with E-state index in [1.807, 2.05) is 19.9 Å². The highest BCUT2D eigenvalue weighted by Crippen LogP contribution is 2.22. The molecule has 0 aromatic rings. The lowest BCUT2D eigenvalue weighted by atomic mass is 9.89. The SMILES string of the molecule is CC(C)CN(CCC#N)C(=O)CC(C)(C)C(=O)O. The van der Waals surface area contributed by atoms with E-state index in [1.54, 1.807) is 4.90 Å². The Kier molecular flexibility index (Phi) is 6.39. The van der Waals surface area contributed by atoms with E-state index >= 15 is 0 Å². The van der Waals surface area contributed by atoms with Crippen LogP contribution in [0.15, 0.2) is 0 Å². The Morgan fingerprint density at radius 1 is 1.39 bits per heavy atom. The smallest absolute Gasteiger partial charge is 0.309 e. The lowest BCUT2D eigenvalue weighted by molar-refractivity contribution is -0.151. The van der Waals surface area contributed by atoms with E-state index in [0.717, 1.165) is 0 Å². The van der Waals surface area contributed by atoms with Crippen molar-refractivity contribution in [2.75, 3.05) is 13.1 Å². The molecular weight excluding hydrogens is 232 g/mol. The molecule has 0 fully saturated rings. The van der Waals surface area contributed by atoms with Crippen LogP contribution in [0, 0.1) is 22.7 Å². The number of rotatable bonds is 7. The molecule has 0 saturated carbocycles. The van der Waals surface area contributed by atoms with Gasteiger partial charge >= 0.3 is 5.97 Å². The Labute approximate surface area is 108 Å². The summed E-state index contributed by atoms with van der Waals surface area (Å²) in [5, 5.41) is 17.6. The highest BCUT2D eigenvalue weighted by atomic mass is 16.4. The molecule has 0 radical (unpaired) electrons. The molecule has 0 atom stereocenters. The molecule has 0 aromatic carbocycles. The second-order valence-corrected chi connectivity index (χ2v) is 5.51. The fourth-order valence-electron chi connectivity index (χ4n) is 1.51. The van der Waals surface area contributed by atoms with E-state index in [1.165, 1.54) is 13.8 Å². The molecule has 0 rings (SSSR count). The van der Waals surface area contributed by atoms with Crippen LogP contribution in [0.5, 0.6) is 0 Å². The molecule has 102 valence electrons. The van der Waals surface area contributed by atoms with E-state index in [4.69, 9.17) is 10.4 Å². The van der Waals surface area contributed by atoms with Crippen molar-refractivity contribution in [2.45, 2.75) is 40.5 Å². The third kappa shape index (κ3) is 5.67. The first-order valence-corrected chi connectivity index (χ1v) is 6.09. The van der Waals surface area contributed by atoms with Crippen molar-refractivity contribution < 1.29 is 14.7 Å². The van der Waals surface area contributed by atoms with Crippen molar-refractivity contribution in [2.24, 2.45) is 11.3 Å². The predicted molar refractivity (Wildman–Crippen MR) is 67.7 cm³/mol. The molecule has 1 amide bonds. The maximum atomic E-state index is 12.1. The van der Waals surface area contributed by atoms with Crippen molar-refractivity contribution in [1.82, 2.24) is 4.90 Å². The number of nitrogens with zero attached hydrogens (tertiary/aromatic N) is 2. The van der Waals surface area contributed by atoms with Crippen LogP contribution in [0.1, 0.15) is 40.5 Å². The zero-order chi connectivity index (χ0) is 14.3. The summed E-state index contributed by atoms with van der Waals surface area (Å²) in [6, 6.07) is 2.00. The highest BCUT2D eigenvalue weighted by Gasteiger charge is 2.32. The molecular formula is C13H22N2O3. The molecule has 0 aliphatic heterocycles. The molecule has 0 aliphatic rings. The summed E-state index contributed by atoms with van der Waals surface area (Å²) in [5.41, 5.74) is -1.07. The normalized spacial score (nSPS) is 11.1. The summed E-state index contributed by atoms with van der Waals surface area (Å²) in [6.45, 7) is 7.94. The number of hydrogen-bond donors (Lipinski definition) is 1. The first-order chi connectivity index (χ1) is 8.20. The van der Waals surface area contributed by atoms with E-state index in [0.29, 0.717) is 19.0 Å². The van der Waals surface area contributed by atoms with E-state index in [-0.39, 0.29) is 18.7 Å².